The smallest absolute Gasteiger partial charge is 0.225 e. The largest absolute Gasteiger partial charge is 0.356 e. The Morgan fingerprint density at radius 2 is 2.08 bits per heavy atom. The van der Waals surface area contributed by atoms with Crippen molar-refractivity contribution in [2.75, 3.05) is 32.5 Å². The van der Waals surface area contributed by atoms with Crippen LogP contribution in [0.1, 0.15) is 37.7 Å². The number of guanidine groups is 1. The van der Waals surface area contributed by atoms with E-state index in [0.717, 1.165) is 24.2 Å². The van der Waals surface area contributed by atoms with Crippen molar-refractivity contribution in [3.8, 4) is 0 Å². The van der Waals surface area contributed by atoms with Crippen LogP contribution in [0.4, 0.5) is 5.69 Å². The second kappa shape index (κ2) is 9.55. The number of anilines is 1. The van der Waals surface area contributed by atoms with Gasteiger partial charge in [0, 0.05) is 50.2 Å². The van der Waals surface area contributed by atoms with Gasteiger partial charge < -0.3 is 16.0 Å². The van der Waals surface area contributed by atoms with E-state index < -0.39 is 0 Å². The van der Waals surface area contributed by atoms with Gasteiger partial charge in [-0.3, -0.25) is 14.7 Å². The van der Waals surface area contributed by atoms with Crippen LogP contribution in [-0.4, -0.2) is 56.0 Å². The molecule has 0 radical (unpaired) electrons. The average Bonchev–Trinajstić information content (AvgIpc) is 3.45. The van der Waals surface area contributed by atoms with Gasteiger partial charge in [0.25, 0.3) is 0 Å². The van der Waals surface area contributed by atoms with Crippen molar-refractivity contribution in [3.05, 3.63) is 29.8 Å². The van der Waals surface area contributed by atoms with Crippen molar-refractivity contribution in [3.63, 3.8) is 0 Å². The first-order chi connectivity index (χ1) is 12.1. The minimum absolute atomic E-state index is 0. The van der Waals surface area contributed by atoms with Crippen LogP contribution >= 0.6 is 24.0 Å². The summed E-state index contributed by atoms with van der Waals surface area (Å²) in [5.74, 6) is 1.03. The standard InChI is InChI=1S/C19H29N5O.HI/c1-13(24(3)15-8-9-15)11-21-19(20-2)22-12-14-10-18(25)23-17-7-5-4-6-16(14)17;/h4-7,13-15H,8-12H2,1-3H3,(H,23,25)(H2,20,21,22);1H. The molecule has 144 valence electrons. The van der Waals surface area contributed by atoms with Crippen LogP contribution in [0.5, 0.6) is 0 Å². The molecule has 1 aromatic carbocycles. The number of carbonyl (C=O) groups excluding carboxylic acids is 1. The molecule has 1 aromatic rings. The maximum Gasteiger partial charge on any atom is 0.225 e. The van der Waals surface area contributed by atoms with Gasteiger partial charge in [-0.1, -0.05) is 18.2 Å². The molecule has 1 fully saturated rings. The van der Waals surface area contributed by atoms with Gasteiger partial charge >= 0.3 is 0 Å². The quantitative estimate of drug-likeness (QED) is 0.339. The van der Waals surface area contributed by atoms with Crippen molar-refractivity contribution in [2.45, 2.75) is 44.2 Å². The van der Waals surface area contributed by atoms with Crippen molar-refractivity contribution in [1.29, 1.82) is 0 Å². The molecule has 1 aliphatic carbocycles. The number of hydrogen-bond acceptors (Lipinski definition) is 3. The summed E-state index contributed by atoms with van der Waals surface area (Å²) in [6.07, 6.45) is 3.13. The summed E-state index contributed by atoms with van der Waals surface area (Å²) in [5, 5.41) is 9.73. The molecule has 2 aliphatic rings. The number of rotatable bonds is 6. The summed E-state index contributed by atoms with van der Waals surface area (Å²) >= 11 is 0. The van der Waals surface area contributed by atoms with E-state index >= 15 is 0 Å². The molecule has 3 N–H and O–H groups in total. The van der Waals surface area contributed by atoms with Crippen molar-refractivity contribution in [1.82, 2.24) is 15.5 Å². The first-order valence-corrected chi connectivity index (χ1v) is 9.13. The Kier molecular flexibility index (Phi) is 7.69. The van der Waals surface area contributed by atoms with Crippen LogP contribution in [0, 0.1) is 0 Å². The highest BCUT2D eigenvalue weighted by atomic mass is 127. The molecule has 3 rings (SSSR count). The molecule has 0 spiro atoms. The lowest BCUT2D eigenvalue weighted by Crippen LogP contribution is -2.46. The molecule has 1 heterocycles. The van der Waals surface area contributed by atoms with Crippen LogP contribution in [-0.2, 0) is 4.79 Å². The zero-order valence-electron chi connectivity index (χ0n) is 15.8. The van der Waals surface area contributed by atoms with E-state index in [2.05, 4.69) is 45.9 Å². The van der Waals surface area contributed by atoms with Crippen LogP contribution in [0.2, 0.25) is 0 Å². The van der Waals surface area contributed by atoms with E-state index in [0.29, 0.717) is 19.0 Å². The number of nitrogens with zero attached hydrogens (tertiary/aromatic N) is 2. The fourth-order valence-corrected chi connectivity index (χ4v) is 3.35. The average molecular weight is 471 g/mol. The predicted molar refractivity (Wildman–Crippen MR) is 117 cm³/mol. The summed E-state index contributed by atoms with van der Waals surface area (Å²) in [5.41, 5.74) is 2.11. The molecule has 1 aliphatic heterocycles. The highest BCUT2D eigenvalue weighted by Crippen LogP contribution is 2.31. The number of fused-ring (bicyclic) bond motifs is 1. The lowest BCUT2D eigenvalue weighted by molar-refractivity contribution is -0.116. The Hall–Kier alpha value is -1.35. The summed E-state index contributed by atoms with van der Waals surface area (Å²) in [6.45, 7) is 3.78. The number of benzene rings is 1. The molecule has 1 saturated carbocycles. The van der Waals surface area contributed by atoms with Crippen molar-refractivity contribution in [2.24, 2.45) is 4.99 Å². The lowest BCUT2D eigenvalue weighted by atomic mass is 9.90. The van der Waals surface area contributed by atoms with E-state index in [1.807, 2.05) is 18.2 Å². The number of halogens is 1. The number of aliphatic imine (C=N–C) groups is 1. The fraction of sp³-hybridized carbons (Fsp3) is 0.579. The van der Waals surface area contributed by atoms with Gasteiger partial charge in [0.15, 0.2) is 5.96 Å². The Bertz CT molecular complexity index is 647. The summed E-state index contributed by atoms with van der Waals surface area (Å²) in [6, 6.07) is 9.24. The lowest BCUT2D eigenvalue weighted by Gasteiger charge is -2.28. The van der Waals surface area contributed by atoms with Gasteiger partial charge in [0.1, 0.15) is 0 Å². The molecule has 2 unspecified atom stereocenters. The predicted octanol–water partition coefficient (Wildman–Crippen LogP) is 2.38. The van der Waals surface area contributed by atoms with E-state index in [4.69, 9.17) is 0 Å². The highest BCUT2D eigenvalue weighted by Gasteiger charge is 2.29. The third kappa shape index (κ3) is 5.33. The molecule has 26 heavy (non-hydrogen) atoms. The molecule has 7 heteroatoms. The molecular weight excluding hydrogens is 441 g/mol. The Balaban J connectivity index is 0.00000243. The monoisotopic (exact) mass is 471 g/mol. The van der Waals surface area contributed by atoms with E-state index in [9.17, 15) is 4.79 Å². The van der Waals surface area contributed by atoms with Gasteiger partial charge in [0.2, 0.25) is 5.91 Å². The second-order valence-corrected chi connectivity index (χ2v) is 7.12. The van der Waals surface area contributed by atoms with Gasteiger partial charge in [-0.2, -0.15) is 0 Å². The zero-order chi connectivity index (χ0) is 17.8. The SMILES string of the molecule is CN=C(NCC1CC(=O)Nc2ccccc21)NCC(C)N(C)C1CC1.I. The minimum atomic E-state index is 0. The Morgan fingerprint density at radius 3 is 2.77 bits per heavy atom. The second-order valence-electron chi connectivity index (χ2n) is 7.12. The van der Waals surface area contributed by atoms with Crippen molar-refractivity contribution >= 4 is 41.5 Å². The number of amides is 1. The molecule has 0 aromatic heterocycles. The number of likely N-dealkylation sites (N-methyl/N-ethyl adjacent to an activating group) is 1. The van der Waals surface area contributed by atoms with E-state index in [-0.39, 0.29) is 35.8 Å². The maximum atomic E-state index is 11.9. The Morgan fingerprint density at radius 1 is 1.35 bits per heavy atom. The van der Waals surface area contributed by atoms with Gasteiger partial charge in [-0.15, -0.1) is 24.0 Å². The molecule has 0 saturated heterocycles. The van der Waals surface area contributed by atoms with Gasteiger partial charge in [-0.05, 0) is 38.4 Å². The summed E-state index contributed by atoms with van der Waals surface area (Å²) in [4.78, 5) is 18.7. The number of nitrogens with one attached hydrogen (secondary N) is 3. The van der Waals surface area contributed by atoms with E-state index in [1.165, 1.54) is 18.4 Å². The van der Waals surface area contributed by atoms with Crippen molar-refractivity contribution < 1.29 is 4.79 Å². The minimum Gasteiger partial charge on any atom is -0.356 e. The molecule has 1 amide bonds. The van der Waals surface area contributed by atoms with Crippen LogP contribution < -0.4 is 16.0 Å². The molecule has 6 nitrogen and oxygen atoms in total. The highest BCUT2D eigenvalue weighted by molar-refractivity contribution is 14.0. The van der Waals surface area contributed by atoms with E-state index in [1.54, 1.807) is 7.05 Å². The third-order valence-electron chi connectivity index (χ3n) is 5.23. The van der Waals surface area contributed by atoms with Gasteiger partial charge in [-0.25, -0.2) is 0 Å². The molecule has 0 bridgehead atoms. The van der Waals surface area contributed by atoms with Crippen LogP contribution in [0.3, 0.4) is 0 Å². The molecular formula is C19H30IN5O. The molecule has 2 atom stereocenters. The van der Waals surface area contributed by atoms with Gasteiger partial charge in [0.05, 0.1) is 0 Å². The number of para-hydroxylation sites is 1. The first-order valence-electron chi connectivity index (χ1n) is 9.13. The summed E-state index contributed by atoms with van der Waals surface area (Å²) < 4.78 is 0. The number of hydrogen-bond donors (Lipinski definition) is 3. The first kappa shape index (κ1) is 21.0. The summed E-state index contributed by atoms with van der Waals surface area (Å²) in [7, 11) is 3.98. The zero-order valence-corrected chi connectivity index (χ0v) is 18.1. The third-order valence-corrected chi connectivity index (χ3v) is 5.23. The van der Waals surface area contributed by atoms with Crippen LogP contribution in [0.25, 0.3) is 0 Å². The fourth-order valence-electron chi connectivity index (χ4n) is 3.35. The Labute approximate surface area is 173 Å². The topological polar surface area (TPSA) is 68.8 Å². The van der Waals surface area contributed by atoms with Crippen LogP contribution in [0.15, 0.2) is 29.3 Å². The normalized spacial score (nSPS) is 20.7. The number of carbonyl (C=O) groups is 1. The maximum absolute atomic E-state index is 11.9.